The third-order valence-corrected chi connectivity index (χ3v) is 2.74. The number of furan rings is 1. The summed E-state index contributed by atoms with van der Waals surface area (Å²) in [5.74, 6) is 1.38. The highest BCUT2D eigenvalue weighted by Gasteiger charge is 2.09. The highest BCUT2D eigenvalue weighted by molar-refractivity contribution is 5.62. The molecule has 0 amide bonds. The second-order valence-corrected chi connectivity index (χ2v) is 3.96. The van der Waals surface area contributed by atoms with Gasteiger partial charge in [-0.05, 0) is 37.2 Å². The van der Waals surface area contributed by atoms with Crippen LogP contribution in [0.5, 0.6) is 0 Å². The van der Waals surface area contributed by atoms with Gasteiger partial charge in [-0.2, -0.15) is 0 Å². The van der Waals surface area contributed by atoms with Crippen molar-refractivity contribution in [2.75, 3.05) is 6.54 Å². The molecular formula is C14H16FNO. The summed E-state index contributed by atoms with van der Waals surface area (Å²) < 4.78 is 19.1. The maximum Gasteiger partial charge on any atom is 0.134 e. The van der Waals surface area contributed by atoms with Crippen molar-refractivity contribution in [1.29, 1.82) is 0 Å². The van der Waals surface area contributed by atoms with Gasteiger partial charge in [-0.25, -0.2) is 4.39 Å². The van der Waals surface area contributed by atoms with E-state index in [2.05, 4.69) is 5.32 Å². The summed E-state index contributed by atoms with van der Waals surface area (Å²) in [6, 6.07) is 8.83. The van der Waals surface area contributed by atoms with Crippen molar-refractivity contribution in [3.8, 4) is 11.3 Å². The van der Waals surface area contributed by atoms with Gasteiger partial charge in [0.1, 0.15) is 17.3 Å². The fraction of sp³-hybridized carbons (Fsp3) is 0.286. The van der Waals surface area contributed by atoms with Gasteiger partial charge in [0.25, 0.3) is 0 Å². The first kappa shape index (κ1) is 11.9. The Bertz CT molecular complexity index is 505. The van der Waals surface area contributed by atoms with Crippen molar-refractivity contribution in [2.45, 2.75) is 20.4 Å². The Morgan fingerprint density at radius 1 is 1.24 bits per heavy atom. The largest absolute Gasteiger partial charge is 0.460 e. The van der Waals surface area contributed by atoms with Crippen molar-refractivity contribution in [3.63, 3.8) is 0 Å². The van der Waals surface area contributed by atoms with Crippen molar-refractivity contribution >= 4 is 0 Å². The van der Waals surface area contributed by atoms with E-state index in [-0.39, 0.29) is 5.82 Å². The van der Waals surface area contributed by atoms with E-state index in [9.17, 15) is 4.39 Å². The standard InChI is InChI=1S/C14H16FNO/c1-3-16-9-11-7-8-14(17-11)12-5-4-6-13(15)10(12)2/h4-8,16H,3,9H2,1-2H3. The smallest absolute Gasteiger partial charge is 0.134 e. The highest BCUT2D eigenvalue weighted by Crippen LogP contribution is 2.26. The Balaban J connectivity index is 2.27. The summed E-state index contributed by atoms with van der Waals surface area (Å²) in [5, 5.41) is 3.19. The molecule has 0 saturated carbocycles. The number of hydrogen-bond acceptors (Lipinski definition) is 2. The van der Waals surface area contributed by atoms with Crippen LogP contribution in [0.4, 0.5) is 4.39 Å². The van der Waals surface area contributed by atoms with Gasteiger partial charge >= 0.3 is 0 Å². The van der Waals surface area contributed by atoms with Gasteiger partial charge in [0.05, 0.1) is 6.54 Å². The lowest BCUT2D eigenvalue weighted by atomic mass is 10.1. The summed E-state index contributed by atoms with van der Waals surface area (Å²) in [7, 11) is 0. The number of benzene rings is 1. The van der Waals surface area contributed by atoms with Crippen LogP contribution < -0.4 is 5.32 Å². The first-order chi connectivity index (χ1) is 8.22. The lowest BCUT2D eigenvalue weighted by Gasteiger charge is -2.03. The third kappa shape index (κ3) is 2.56. The molecule has 1 N–H and O–H groups in total. The zero-order valence-electron chi connectivity index (χ0n) is 10.1. The number of rotatable bonds is 4. The van der Waals surface area contributed by atoms with Crippen LogP contribution in [-0.2, 0) is 6.54 Å². The van der Waals surface area contributed by atoms with Crippen LogP contribution in [0.2, 0.25) is 0 Å². The molecule has 3 heteroatoms. The molecule has 1 aromatic carbocycles. The van der Waals surface area contributed by atoms with Crippen LogP contribution in [0, 0.1) is 12.7 Å². The van der Waals surface area contributed by atoms with Gasteiger partial charge in [0.15, 0.2) is 0 Å². The van der Waals surface area contributed by atoms with E-state index in [0.717, 1.165) is 23.6 Å². The first-order valence-corrected chi connectivity index (χ1v) is 5.77. The van der Waals surface area contributed by atoms with Crippen LogP contribution in [-0.4, -0.2) is 6.54 Å². The second kappa shape index (κ2) is 5.15. The van der Waals surface area contributed by atoms with E-state index >= 15 is 0 Å². The van der Waals surface area contributed by atoms with Gasteiger partial charge < -0.3 is 9.73 Å². The summed E-state index contributed by atoms with van der Waals surface area (Å²) in [5.41, 5.74) is 1.43. The topological polar surface area (TPSA) is 25.2 Å². The molecule has 0 fully saturated rings. The van der Waals surface area contributed by atoms with Gasteiger partial charge in [0.2, 0.25) is 0 Å². The molecule has 0 spiro atoms. The van der Waals surface area contributed by atoms with Crippen molar-refractivity contribution in [1.82, 2.24) is 5.32 Å². The zero-order valence-corrected chi connectivity index (χ0v) is 10.1. The molecule has 0 aliphatic rings. The molecule has 1 heterocycles. The Kier molecular flexibility index (Phi) is 3.59. The molecule has 0 bridgehead atoms. The molecule has 0 aliphatic carbocycles. The predicted molar refractivity (Wildman–Crippen MR) is 66.2 cm³/mol. The number of hydrogen-bond donors (Lipinski definition) is 1. The molecule has 0 unspecified atom stereocenters. The molecule has 2 nitrogen and oxygen atoms in total. The Morgan fingerprint density at radius 3 is 2.82 bits per heavy atom. The summed E-state index contributed by atoms with van der Waals surface area (Å²) >= 11 is 0. The van der Waals surface area contributed by atoms with Crippen LogP contribution >= 0.6 is 0 Å². The summed E-state index contributed by atoms with van der Waals surface area (Å²) in [6.45, 7) is 5.40. The molecule has 2 rings (SSSR count). The van der Waals surface area contributed by atoms with E-state index in [1.165, 1.54) is 6.07 Å². The van der Waals surface area contributed by atoms with Gasteiger partial charge in [-0.15, -0.1) is 0 Å². The Hall–Kier alpha value is -1.61. The maximum atomic E-state index is 13.4. The quantitative estimate of drug-likeness (QED) is 0.874. The van der Waals surface area contributed by atoms with E-state index in [1.54, 1.807) is 13.0 Å². The zero-order chi connectivity index (χ0) is 12.3. The number of nitrogens with one attached hydrogen (secondary N) is 1. The Morgan fingerprint density at radius 2 is 2.06 bits per heavy atom. The molecule has 0 saturated heterocycles. The third-order valence-electron chi connectivity index (χ3n) is 2.74. The lowest BCUT2D eigenvalue weighted by Crippen LogP contribution is -2.10. The summed E-state index contributed by atoms with van der Waals surface area (Å²) in [4.78, 5) is 0. The minimum atomic E-state index is -0.202. The molecule has 0 atom stereocenters. The molecule has 90 valence electrons. The second-order valence-electron chi connectivity index (χ2n) is 3.96. The minimum Gasteiger partial charge on any atom is -0.460 e. The van der Waals surface area contributed by atoms with Gasteiger partial charge in [-0.3, -0.25) is 0 Å². The Labute approximate surface area is 100 Å². The van der Waals surface area contributed by atoms with Crippen LogP contribution in [0.3, 0.4) is 0 Å². The van der Waals surface area contributed by atoms with Crippen molar-refractivity contribution in [2.24, 2.45) is 0 Å². The van der Waals surface area contributed by atoms with Gasteiger partial charge in [0, 0.05) is 5.56 Å². The average molecular weight is 233 g/mol. The van der Waals surface area contributed by atoms with Gasteiger partial charge in [-0.1, -0.05) is 19.1 Å². The van der Waals surface area contributed by atoms with Crippen LogP contribution in [0.15, 0.2) is 34.7 Å². The van der Waals surface area contributed by atoms with Crippen LogP contribution in [0.25, 0.3) is 11.3 Å². The predicted octanol–water partition coefficient (Wildman–Crippen LogP) is 3.50. The molecule has 0 aliphatic heterocycles. The van der Waals surface area contributed by atoms with Crippen molar-refractivity contribution in [3.05, 3.63) is 47.5 Å². The SMILES string of the molecule is CCNCc1ccc(-c2cccc(F)c2C)o1. The average Bonchev–Trinajstić information content (AvgIpc) is 2.78. The number of halogens is 1. The fourth-order valence-corrected chi connectivity index (χ4v) is 1.74. The monoisotopic (exact) mass is 233 g/mol. The molecule has 1 aromatic heterocycles. The normalized spacial score (nSPS) is 10.8. The highest BCUT2D eigenvalue weighted by atomic mass is 19.1. The minimum absolute atomic E-state index is 0.202. The molecule has 0 radical (unpaired) electrons. The molecule has 17 heavy (non-hydrogen) atoms. The summed E-state index contributed by atoms with van der Waals surface area (Å²) in [6.07, 6.45) is 0. The first-order valence-electron chi connectivity index (χ1n) is 5.77. The fourth-order valence-electron chi connectivity index (χ4n) is 1.74. The van der Waals surface area contributed by atoms with E-state index in [0.29, 0.717) is 12.1 Å². The maximum absolute atomic E-state index is 13.4. The van der Waals surface area contributed by atoms with E-state index in [4.69, 9.17) is 4.42 Å². The molecule has 2 aromatic rings. The lowest BCUT2D eigenvalue weighted by molar-refractivity contribution is 0.497. The van der Waals surface area contributed by atoms with Crippen LogP contribution in [0.1, 0.15) is 18.2 Å². The van der Waals surface area contributed by atoms with E-state index in [1.807, 2.05) is 25.1 Å². The molecular weight excluding hydrogens is 217 g/mol. The van der Waals surface area contributed by atoms with E-state index < -0.39 is 0 Å². The van der Waals surface area contributed by atoms with Crippen molar-refractivity contribution < 1.29 is 8.81 Å².